The lowest BCUT2D eigenvalue weighted by atomic mass is 9.68. The number of carbonyl (C=O) groups excluding carboxylic acids is 2. The summed E-state index contributed by atoms with van der Waals surface area (Å²) in [6.45, 7) is 8.33. The summed E-state index contributed by atoms with van der Waals surface area (Å²) < 4.78 is 7.23. The Bertz CT molecular complexity index is 1160. The molecule has 2 aromatic rings. The molecular formula is C27H28BrNO3. The number of benzene rings is 2. The molecule has 32 heavy (non-hydrogen) atoms. The number of Topliss-reactive ketones (excluding diaryl/α,β-unsaturated/α-hetero) is 1. The van der Waals surface area contributed by atoms with Gasteiger partial charge in [0.15, 0.2) is 5.78 Å². The van der Waals surface area contributed by atoms with E-state index in [2.05, 4.69) is 48.0 Å². The predicted octanol–water partition coefficient (Wildman–Crippen LogP) is 5.57. The molecular weight excluding hydrogens is 466 g/mol. The molecule has 2 aliphatic carbocycles. The van der Waals surface area contributed by atoms with Crippen molar-refractivity contribution in [2.75, 3.05) is 19.7 Å². The van der Waals surface area contributed by atoms with Crippen molar-refractivity contribution < 1.29 is 14.3 Å². The molecule has 0 unspecified atom stereocenters. The van der Waals surface area contributed by atoms with Crippen molar-refractivity contribution in [1.82, 2.24) is 4.90 Å². The van der Waals surface area contributed by atoms with E-state index in [1.165, 1.54) is 11.1 Å². The number of ether oxygens (including phenoxy) is 1. The van der Waals surface area contributed by atoms with E-state index in [0.29, 0.717) is 12.5 Å². The molecule has 0 spiro atoms. The number of ketones is 1. The van der Waals surface area contributed by atoms with Crippen LogP contribution in [0.3, 0.4) is 0 Å². The topological polar surface area (TPSA) is 46.6 Å². The van der Waals surface area contributed by atoms with Crippen LogP contribution in [-0.2, 0) is 16.6 Å². The number of likely N-dealkylation sites (tertiary alicyclic amines) is 1. The standard InChI is InChI=1S/C27H28BrNO3/c1-16(30)29-10-8-17(9-11-29)15-32-20-5-7-22-23(14-20)27(2,3)24-13-18-12-19(28)4-6-21(18)25(24)26(22)31/h4-7,12,14,17H,8-11,13,15H2,1-3H3. The minimum absolute atomic E-state index is 0.124. The van der Waals surface area contributed by atoms with E-state index in [4.69, 9.17) is 4.74 Å². The maximum Gasteiger partial charge on any atom is 0.219 e. The molecule has 0 atom stereocenters. The van der Waals surface area contributed by atoms with Crippen LogP contribution in [0.1, 0.15) is 60.7 Å². The van der Waals surface area contributed by atoms with Gasteiger partial charge >= 0.3 is 0 Å². The second-order valence-electron chi connectivity index (χ2n) is 9.75. The molecule has 0 bridgehead atoms. The largest absolute Gasteiger partial charge is 0.493 e. The number of amides is 1. The molecule has 0 saturated carbocycles. The summed E-state index contributed by atoms with van der Waals surface area (Å²) >= 11 is 3.57. The Morgan fingerprint density at radius 2 is 1.84 bits per heavy atom. The Morgan fingerprint density at radius 1 is 1.12 bits per heavy atom. The summed E-state index contributed by atoms with van der Waals surface area (Å²) in [5.41, 5.74) is 5.98. The Morgan fingerprint density at radius 3 is 2.56 bits per heavy atom. The van der Waals surface area contributed by atoms with Crippen molar-refractivity contribution >= 4 is 33.2 Å². The molecule has 1 heterocycles. The number of piperidine rings is 1. The van der Waals surface area contributed by atoms with Crippen LogP contribution in [0.5, 0.6) is 5.75 Å². The Balaban J connectivity index is 1.37. The number of hydrogen-bond acceptors (Lipinski definition) is 3. The van der Waals surface area contributed by atoms with E-state index in [-0.39, 0.29) is 17.1 Å². The van der Waals surface area contributed by atoms with Crippen LogP contribution in [-0.4, -0.2) is 36.3 Å². The van der Waals surface area contributed by atoms with Crippen molar-refractivity contribution in [2.24, 2.45) is 5.92 Å². The molecule has 166 valence electrons. The van der Waals surface area contributed by atoms with Crippen molar-refractivity contribution in [3.05, 3.63) is 68.7 Å². The number of nitrogens with zero attached hydrogens (tertiary/aromatic N) is 1. The monoisotopic (exact) mass is 493 g/mol. The van der Waals surface area contributed by atoms with Crippen LogP contribution < -0.4 is 4.74 Å². The fraction of sp³-hybridized carbons (Fsp3) is 0.407. The number of hydrogen-bond donors (Lipinski definition) is 0. The molecule has 2 aromatic carbocycles. The highest BCUT2D eigenvalue weighted by Crippen LogP contribution is 2.50. The molecule has 5 rings (SSSR count). The average molecular weight is 494 g/mol. The fourth-order valence-corrected chi connectivity index (χ4v) is 5.85. The predicted molar refractivity (Wildman–Crippen MR) is 129 cm³/mol. The van der Waals surface area contributed by atoms with Crippen LogP contribution in [0.15, 0.2) is 46.4 Å². The van der Waals surface area contributed by atoms with E-state index in [9.17, 15) is 9.59 Å². The van der Waals surface area contributed by atoms with Crippen molar-refractivity contribution in [2.45, 2.75) is 45.4 Å². The molecule has 1 fully saturated rings. The van der Waals surface area contributed by atoms with Crippen molar-refractivity contribution in [3.63, 3.8) is 0 Å². The highest BCUT2D eigenvalue weighted by molar-refractivity contribution is 9.10. The first-order chi connectivity index (χ1) is 15.3. The molecule has 1 amide bonds. The van der Waals surface area contributed by atoms with E-state index < -0.39 is 0 Å². The third kappa shape index (κ3) is 3.51. The Kier molecular flexibility index (Phi) is 5.28. The van der Waals surface area contributed by atoms with Gasteiger partial charge in [-0.15, -0.1) is 0 Å². The number of allylic oxidation sites excluding steroid dienone is 2. The van der Waals surface area contributed by atoms with E-state index in [0.717, 1.165) is 64.8 Å². The van der Waals surface area contributed by atoms with Gasteiger partial charge in [0.05, 0.1) is 6.61 Å². The smallest absolute Gasteiger partial charge is 0.219 e. The van der Waals surface area contributed by atoms with Crippen molar-refractivity contribution in [1.29, 1.82) is 0 Å². The van der Waals surface area contributed by atoms with E-state index >= 15 is 0 Å². The van der Waals surface area contributed by atoms with E-state index in [1.807, 2.05) is 23.1 Å². The molecule has 5 heteroatoms. The summed E-state index contributed by atoms with van der Waals surface area (Å²) in [5.74, 6) is 1.55. The minimum atomic E-state index is -0.240. The zero-order valence-corrected chi connectivity index (χ0v) is 20.4. The summed E-state index contributed by atoms with van der Waals surface area (Å²) in [6.07, 6.45) is 2.75. The molecule has 0 N–H and O–H groups in total. The fourth-order valence-electron chi connectivity index (χ4n) is 5.44. The van der Waals surface area contributed by atoms with Crippen LogP contribution in [0.4, 0.5) is 0 Å². The van der Waals surface area contributed by atoms with Crippen LogP contribution >= 0.6 is 15.9 Å². The highest BCUT2D eigenvalue weighted by Gasteiger charge is 2.42. The summed E-state index contributed by atoms with van der Waals surface area (Å²) in [5, 5.41) is 0. The lowest BCUT2D eigenvalue weighted by molar-refractivity contribution is -0.130. The second-order valence-corrected chi connectivity index (χ2v) is 10.7. The first kappa shape index (κ1) is 21.4. The van der Waals surface area contributed by atoms with Gasteiger partial charge in [-0.1, -0.05) is 35.8 Å². The first-order valence-corrected chi connectivity index (χ1v) is 12.1. The normalized spacial score (nSPS) is 19.5. The number of rotatable bonds is 3. The molecule has 0 aromatic heterocycles. The Labute approximate surface area is 197 Å². The van der Waals surface area contributed by atoms with Crippen LogP contribution in [0.25, 0.3) is 5.57 Å². The first-order valence-electron chi connectivity index (χ1n) is 11.4. The van der Waals surface area contributed by atoms with Gasteiger partial charge in [-0.25, -0.2) is 0 Å². The molecule has 1 saturated heterocycles. The zero-order valence-electron chi connectivity index (χ0n) is 18.8. The molecule has 1 aliphatic heterocycles. The van der Waals surface area contributed by atoms with E-state index in [1.54, 1.807) is 6.92 Å². The summed E-state index contributed by atoms with van der Waals surface area (Å²) in [4.78, 5) is 26.9. The third-order valence-electron chi connectivity index (χ3n) is 7.44. The van der Waals surface area contributed by atoms with Crippen LogP contribution in [0.2, 0.25) is 0 Å². The van der Waals surface area contributed by atoms with Gasteiger partial charge < -0.3 is 9.64 Å². The van der Waals surface area contributed by atoms with Gasteiger partial charge in [0.2, 0.25) is 5.91 Å². The van der Waals surface area contributed by atoms with Gasteiger partial charge in [0.1, 0.15) is 5.75 Å². The molecule has 0 radical (unpaired) electrons. The summed E-state index contributed by atoms with van der Waals surface area (Å²) in [7, 11) is 0. The lowest BCUT2D eigenvalue weighted by Crippen LogP contribution is -2.38. The van der Waals surface area contributed by atoms with Gasteiger partial charge in [-0.2, -0.15) is 0 Å². The van der Waals surface area contributed by atoms with Gasteiger partial charge in [-0.05, 0) is 77.8 Å². The maximum absolute atomic E-state index is 13.5. The van der Waals surface area contributed by atoms with Gasteiger partial charge in [0, 0.05) is 41.0 Å². The third-order valence-corrected chi connectivity index (χ3v) is 7.93. The Hall–Kier alpha value is -2.40. The minimum Gasteiger partial charge on any atom is -0.493 e. The summed E-state index contributed by atoms with van der Waals surface area (Å²) in [6, 6.07) is 12.2. The highest BCUT2D eigenvalue weighted by atomic mass is 79.9. The SMILES string of the molecule is CC(=O)N1CCC(COc2ccc3c(c2)C(C)(C)C2=C(C3=O)c3ccc(Br)cc3C2)CC1. The van der Waals surface area contributed by atoms with Gasteiger partial charge in [0.25, 0.3) is 0 Å². The van der Waals surface area contributed by atoms with Crippen molar-refractivity contribution in [3.8, 4) is 5.75 Å². The second kappa shape index (κ2) is 7.87. The molecule has 4 nitrogen and oxygen atoms in total. The average Bonchev–Trinajstić information content (AvgIpc) is 3.16. The number of carbonyl (C=O) groups is 2. The lowest BCUT2D eigenvalue weighted by Gasteiger charge is -2.35. The quantitative estimate of drug-likeness (QED) is 0.561. The maximum atomic E-state index is 13.5. The van der Waals surface area contributed by atoms with Crippen LogP contribution in [0, 0.1) is 5.92 Å². The number of halogens is 1. The zero-order chi connectivity index (χ0) is 22.6. The van der Waals surface area contributed by atoms with Gasteiger partial charge in [-0.3, -0.25) is 9.59 Å². The molecule has 3 aliphatic rings. The number of fused-ring (bicyclic) bond motifs is 3.